The van der Waals surface area contributed by atoms with E-state index in [-0.39, 0.29) is 24.0 Å². The summed E-state index contributed by atoms with van der Waals surface area (Å²) in [7, 11) is -2.05. The molecule has 0 aromatic heterocycles. The second-order valence-electron chi connectivity index (χ2n) is 3.96. The molecular weight excluding hydrogens is 254 g/mol. The smallest absolute Gasteiger partial charge is 0.726 e. The van der Waals surface area contributed by atoms with Crippen molar-refractivity contribution in [2.75, 3.05) is 0 Å². The van der Waals surface area contributed by atoms with Crippen LogP contribution in [0, 0.1) is 6.92 Å². The number of hydrogen-bond donors (Lipinski definition) is 1. The van der Waals surface area contributed by atoms with Gasteiger partial charge in [0.2, 0.25) is 10.4 Å². The van der Waals surface area contributed by atoms with Crippen molar-refractivity contribution < 1.29 is 36.4 Å². The summed E-state index contributed by atoms with van der Waals surface area (Å²) in [4.78, 5) is 0. The van der Waals surface area contributed by atoms with Gasteiger partial charge in [-0.1, -0.05) is 38.1 Å². The van der Waals surface area contributed by atoms with E-state index in [1.807, 2.05) is 0 Å². The Kier molecular flexibility index (Phi) is 8.62. The zero-order chi connectivity index (χ0) is 13.0. The third kappa shape index (κ3) is 11.0. The molecule has 0 heterocycles. The standard InChI is InChI=1S/C10H15P.Li.H2O4S/c1-8-6-4-5-7-9(8)10(2,3)11;;1-5(2,3)4/h4-7H,11H2,1-3H3;;(H2,1,2,3,4)/q;+1;/p-1. The second kappa shape index (κ2) is 7.53. The molecule has 4 nitrogen and oxygen atoms in total. The summed E-state index contributed by atoms with van der Waals surface area (Å²) in [5, 5.41) is 0.200. The molecule has 1 atom stereocenters. The van der Waals surface area contributed by atoms with E-state index < -0.39 is 10.4 Å². The van der Waals surface area contributed by atoms with Gasteiger partial charge in [-0.15, -0.1) is 9.24 Å². The average molecular weight is 270 g/mol. The Hall–Kier alpha value is 0.117. The molecule has 0 saturated carbocycles. The molecule has 0 saturated heterocycles. The minimum Gasteiger partial charge on any atom is -0.726 e. The van der Waals surface area contributed by atoms with Crippen LogP contribution in [0.2, 0.25) is 0 Å². The largest absolute Gasteiger partial charge is 1.00 e. The zero-order valence-corrected chi connectivity index (χ0v) is 12.4. The van der Waals surface area contributed by atoms with E-state index in [2.05, 4.69) is 54.3 Å². The summed E-state index contributed by atoms with van der Waals surface area (Å²) in [6, 6.07) is 8.51. The van der Waals surface area contributed by atoms with Gasteiger partial charge in [0.05, 0.1) is 0 Å². The number of benzene rings is 1. The Morgan fingerprint density at radius 2 is 1.65 bits per heavy atom. The number of rotatable bonds is 1. The molecule has 0 spiro atoms. The van der Waals surface area contributed by atoms with Crippen LogP contribution in [0.25, 0.3) is 0 Å². The molecule has 0 amide bonds. The predicted molar refractivity (Wildman–Crippen MR) is 66.2 cm³/mol. The molecule has 17 heavy (non-hydrogen) atoms. The van der Waals surface area contributed by atoms with Crippen LogP contribution in [0.3, 0.4) is 0 Å². The van der Waals surface area contributed by atoms with Crippen LogP contribution in [-0.2, 0) is 15.6 Å². The van der Waals surface area contributed by atoms with Crippen molar-refractivity contribution in [1.29, 1.82) is 0 Å². The van der Waals surface area contributed by atoms with E-state index in [9.17, 15) is 0 Å². The van der Waals surface area contributed by atoms with Gasteiger partial charge < -0.3 is 4.55 Å². The van der Waals surface area contributed by atoms with Crippen molar-refractivity contribution in [2.24, 2.45) is 0 Å². The summed E-state index contributed by atoms with van der Waals surface area (Å²) in [6.45, 7) is 6.57. The first-order valence-electron chi connectivity index (χ1n) is 4.55. The number of hydrogen-bond acceptors (Lipinski definition) is 3. The van der Waals surface area contributed by atoms with Gasteiger partial charge in [-0.3, -0.25) is 4.55 Å². The van der Waals surface area contributed by atoms with Gasteiger partial charge in [-0.2, -0.15) is 0 Å². The maximum absolute atomic E-state index is 8.63. The molecule has 0 aliphatic rings. The summed E-state index contributed by atoms with van der Waals surface area (Å²) >= 11 is 0. The number of aryl methyl sites for hydroxylation is 1. The molecular formula is C10H16LiO4PS. The van der Waals surface area contributed by atoms with Gasteiger partial charge in [-0.25, -0.2) is 8.42 Å². The van der Waals surface area contributed by atoms with E-state index >= 15 is 0 Å². The molecule has 0 aliphatic heterocycles. The molecule has 92 valence electrons. The topological polar surface area (TPSA) is 77.4 Å². The van der Waals surface area contributed by atoms with Crippen LogP contribution < -0.4 is 18.9 Å². The van der Waals surface area contributed by atoms with Crippen LogP contribution in [0.1, 0.15) is 25.0 Å². The predicted octanol–water partition coefficient (Wildman–Crippen LogP) is -0.886. The Morgan fingerprint density at radius 1 is 1.29 bits per heavy atom. The van der Waals surface area contributed by atoms with Crippen LogP contribution in [-0.4, -0.2) is 17.5 Å². The van der Waals surface area contributed by atoms with Crippen molar-refractivity contribution in [3.63, 3.8) is 0 Å². The Morgan fingerprint density at radius 3 is 1.88 bits per heavy atom. The van der Waals surface area contributed by atoms with Crippen molar-refractivity contribution in [2.45, 2.75) is 25.9 Å². The molecule has 7 heteroatoms. The molecule has 1 aromatic carbocycles. The molecule has 0 bridgehead atoms. The van der Waals surface area contributed by atoms with E-state index in [4.69, 9.17) is 17.5 Å². The van der Waals surface area contributed by atoms with E-state index in [1.165, 1.54) is 11.1 Å². The van der Waals surface area contributed by atoms with Crippen molar-refractivity contribution in [1.82, 2.24) is 0 Å². The first-order valence-corrected chi connectivity index (χ1v) is 6.49. The van der Waals surface area contributed by atoms with Crippen molar-refractivity contribution in [3.05, 3.63) is 35.4 Å². The van der Waals surface area contributed by atoms with Gasteiger partial charge in [-0.05, 0) is 18.1 Å². The second-order valence-corrected chi connectivity index (χ2v) is 6.26. The zero-order valence-electron chi connectivity index (χ0n) is 10.5. The van der Waals surface area contributed by atoms with E-state index in [1.54, 1.807) is 0 Å². The van der Waals surface area contributed by atoms with Crippen molar-refractivity contribution in [3.8, 4) is 0 Å². The molecule has 0 fully saturated rings. The molecule has 1 rings (SSSR count). The third-order valence-corrected chi connectivity index (χ3v) is 2.15. The molecule has 0 radical (unpaired) electrons. The quantitative estimate of drug-likeness (QED) is 0.311. The maximum atomic E-state index is 8.63. The maximum Gasteiger partial charge on any atom is 1.00 e. The summed E-state index contributed by atoms with van der Waals surface area (Å²) in [6.07, 6.45) is 0. The molecule has 1 aromatic rings. The Balaban J connectivity index is 0. The summed E-state index contributed by atoms with van der Waals surface area (Å²) < 4.78 is 32.8. The normalized spacial score (nSPS) is 10.9. The third-order valence-electron chi connectivity index (χ3n) is 1.84. The fourth-order valence-corrected chi connectivity index (χ4v) is 1.62. The van der Waals surface area contributed by atoms with Gasteiger partial charge in [0.15, 0.2) is 0 Å². The summed E-state index contributed by atoms with van der Waals surface area (Å²) in [5.41, 5.74) is 2.78. The molecule has 0 aliphatic carbocycles. The Bertz CT molecular complexity index is 432. The monoisotopic (exact) mass is 270 g/mol. The van der Waals surface area contributed by atoms with Crippen LogP contribution in [0.5, 0.6) is 0 Å². The van der Waals surface area contributed by atoms with Crippen LogP contribution in [0.4, 0.5) is 0 Å². The minimum atomic E-state index is -4.92. The summed E-state index contributed by atoms with van der Waals surface area (Å²) in [5.74, 6) is 0. The fraction of sp³-hybridized carbons (Fsp3) is 0.400. The van der Waals surface area contributed by atoms with E-state index in [0.717, 1.165) is 0 Å². The fourth-order valence-electron chi connectivity index (χ4n) is 1.30. The molecule has 1 N–H and O–H groups in total. The SMILES string of the molecule is Cc1ccccc1C(C)(C)P.O=S(=O)([O-])O.[Li+]. The van der Waals surface area contributed by atoms with Crippen LogP contribution in [0.15, 0.2) is 24.3 Å². The average Bonchev–Trinajstić information content (AvgIpc) is 1.99. The first-order chi connectivity index (χ1) is 7.02. The van der Waals surface area contributed by atoms with Gasteiger partial charge >= 0.3 is 18.9 Å². The first kappa shape index (κ1) is 19.5. The van der Waals surface area contributed by atoms with Gasteiger partial charge in [0.1, 0.15) is 0 Å². The Labute approximate surface area is 117 Å². The molecule has 1 unspecified atom stereocenters. The van der Waals surface area contributed by atoms with Crippen LogP contribution >= 0.6 is 9.24 Å². The van der Waals surface area contributed by atoms with Crippen molar-refractivity contribution >= 4 is 19.6 Å². The van der Waals surface area contributed by atoms with Gasteiger partial charge in [0.25, 0.3) is 0 Å². The van der Waals surface area contributed by atoms with E-state index in [0.29, 0.717) is 0 Å². The van der Waals surface area contributed by atoms with Gasteiger partial charge in [0, 0.05) is 5.16 Å². The minimum absolute atomic E-state index is 0.